The summed E-state index contributed by atoms with van der Waals surface area (Å²) in [5, 5.41) is 2.71. The Bertz CT molecular complexity index is 700. The van der Waals surface area contributed by atoms with Gasteiger partial charge in [-0.15, -0.1) is 0 Å². The van der Waals surface area contributed by atoms with E-state index in [4.69, 9.17) is 0 Å². The number of carbonyl (C=O) groups excluding carboxylic acids is 1. The van der Waals surface area contributed by atoms with Crippen molar-refractivity contribution in [2.24, 2.45) is 0 Å². The highest BCUT2D eigenvalue weighted by molar-refractivity contribution is 7.89. The van der Waals surface area contributed by atoms with Crippen LogP contribution in [-0.2, 0) is 10.0 Å². The van der Waals surface area contributed by atoms with E-state index in [-0.39, 0.29) is 17.6 Å². The van der Waals surface area contributed by atoms with Crippen LogP contribution in [0.25, 0.3) is 0 Å². The minimum absolute atomic E-state index is 0.119. The molecular formula is C14H19FN4O3S. The molecule has 1 saturated heterocycles. The van der Waals surface area contributed by atoms with Crippen LogP contribution < -0.4 is 20.9 Å². The number of benzene rings is 1. The van der Waals surface area contributed by atoms with E-state index in [0.717, 1.165) is 37.9 Å². The predicted molar refractivity (Wildman–Crippen MR) is 81.6 cm³/mol. The van der Waals surface area contributed by atoms with Crippen molar-refractivity contribution >= 4 is 15.9 Å². The first-order valence-electron chi connectivity index (χ1n) is 7.54. The van der Waals surface area contributed by atoms with Gasteiger partial charge in [-0.25, -0.2) is 17.5 Å². The molecule has 0 spiro atoms. The Kier molecular flexibility index (Phi) is 4.62. The second-order valence-corrected chi connectivity index (χ2v) is 7.49. The van der Waals surface area contributed by atoms with Crippen molar-refractivity contribution in [2.75, 3.05) is 13.1 Å². The molecule has 1 saturated carbocycles. The highest BCUT2D eigenvalue weighted by Crippen LogP contribution is 2.24. The molecule has 1 unspecified atom stereocenters. The Morgan fingerprint density at radius 2 is 2.09 bits per heavy atom. The van der Waals surface area contributed by atoms with E-state index in [2.05, 4.69) is 20.9 Å². The molecule has 1 aromatic carbocycles. The van der Waals surface area contributed by atoms with Gasteiger partial charge < -0.3 is 5.32 Å². The fourth-order valence-electron chi connectivity index (χ4n) is 2.34. The third-order valence-electron chi connectivity index (χ3n) is 3.82. The van der Waals surface area contributed by atoms with Crippen molar-refractivity contribution in [3.63, 3.8) is 0 Å². The molecule has 1 aliphatic carbocycles. The van der Waals surface area contributed by atoms with Crippen LogP contribution in [0.15, 0.2) is 23.1 Å². The molecule has 4 N–H and O–H groups in total. The first-order valence-corrected chi connectivity index (χ1v) is 9.02. The fourth-order valence-corrected chi connectivity index (χ4v) is 3.75. The lowest BCUT2D eigenvalue weighted by Gasteiger charge is -2.12. The van der Waals surface area contributed by atoms with Crippen molar-refractivity contribution in [2.45, 2.75) is 36.2 Å². The van der Waals surface area contributed by atoms with Crippen molar-refractivity contribution < 1.29 is 17.6 Å². The zero-order chi connectivity index (χ0) is 16.4. The van der Waals surface area contributed by atoms with Crippen LogP contribution in [0, 0.1) is 5.82 Å². The maximum atomic E-state index is 13.9. The van der Waals surface area contributed by atoms with Gasteiger partial charge in [-0.1, -0.05) is 0 Å². The smallest absolute Gasteiger partial charge is 0.251 e. The standard InChI is InChI=1S/C14H19FN4O3S/c15-12-4-1-9(14(20)16-8-11-5-6-17-18-11)7-13(12)23(21,22)19-10-2-3-10/h1,4,7,10-11,17-19H,2-3,5-6,8H2,(H,16,20). The monoisotopic (exact) mass is 342 g/mol. The lowest BCUT2D eigenvalue weighted by Crippen LogP contribution is -2.40. The molecule has 2 fully saturated rings. The first kappa shape index (κ1) is 16.3. The molecule has 1 heterocycles. The van der Waals surface area contributed by atoms with Gasteiger partial charge >= 0.3 is 0 Å². The van der Waals surface area contributed by atoms with Gasteiger partial charge in [0.15, 0.2) is 0 Å². The van der Waals surface area contributed by atoms with Gasteiger partial charge in [-0.3, -0.25) is 15.6 Å². The average Bonchev–Trinajstić information content (AvgIpc) is 3.15. The van der Waals surface area contributed by atoms with Crippen LogP contribution in [0.1, 0.15) is 29.6 Å². The molecule has 1 atom stereocenters. The summed E-state index contributed by atoms with van der Waals surface area (Å²) >= 11 is 0. The number of hydrazine groups is 1. The van der Waals surface area contributed by atoms with Gasteiger partial charge in [0.05, 0.1) is 0 Å². The molecule has 1 aromatic rings. The summed E-state index contributed by atoms with van der Waals surface area (Å²) in [5.74, 6) is -1.29. The SMILES string of the molecule is O=C(NCC1CCNN1)c1ccc(F)c(S(=O)(=O)NC2CC2)c1. The predicted octanol–water partition coefficient (Wildman–Crippen LogP) is -0.137. The number of rotatable bonds is 6. The topological polar surface area (TPSA) is 99.3 Å². The third-order valence-corrected chi connectivity index (χ3v) is 5.35. The lowest BCUT2D eigenvalue weighted by molar-refractivity contribution is 0.0950. The highest BCUT2D eigenvalue weighted by atomic mass is 32.2. The number of hydrogen-bond donors (Lipinski definition) is 4. The Morgan fingerprint density at radius 1 is 1.30 bits per heavy atom. The van der Waals surface area contributed by atoms with E-state index in [0.29, 0.717) is 6.54 Å². The van der Waals surface area contributed by atoms with E-state index in [1.54, 1.807) is 0 Å². The minimum atomic E-state index is -3.94. The summed E-state index contributed by atoms with van der Waals surface area (Å²) in [6.45, 7) is 1.23. The summed E-state index contributed by atoms with van der Waals surface area (Å²) in [7, 11) is -3.94. The zero-order valence-electron chi connectivity index (χ0n) is 12.4. The fraction of sp³-hybridized carbons (Fsp3) is 0.500. The van der Waals surface area contributed by atoms with Crippen molar-refractivity contribution in [1.29, 1.82) is 0 Å². The number of sulfonamides is 1. The van der Waals surface area contributed by atoms with Crippen LogP contribution in [0.2, 0.25) is 0 Å². The number of halogens is 1. The summed E-state index contributed by atoms with van der Waals surface area (Å²) in [6, 6.07) is 3.36. The van der Waals surface area contributed by atoms with E-state index >= 15 is 0 Å². The molecule has 126 valence electrons. The quantitative estimate of drug-likeness (QED) is 0.577. The van der Waals surface area contributed by atoms with Gasteiger partial charge in [0.1, 0.15) is 10.7 Å². The molecule has 3 rings (SSSR count). The molecule has 7 nitrogen and oxygen atoms in total. The van der Waals surface area contributed by atoms with Crippen LogP contribution in [0.3, 0.4) is 0 Å². The molecular weight excluding hydrogens is 323 g/mol. The molecule has 0 aromatic heterocycles. The molecule has 0 bridgehead atoms. The Hall–Kier alpha value is -1.55. The maximum Gasteiger partial charge on any atom is 0.251 e. The van der Waals surface area contributed by atoms with Gasteiger partial charge in [0.25, 0.3) is 5.91 Å². The summed E-state index contributed by atoms with van der Waals surface area (Å²) in [6.07, 6.45) is 2.39. The number of nitrogens with one attached hydrogen (secondary N) is 4. The molecule has 2 aliphatic rings. The number of carbonyl (C=O) groups is 1. The van der Waals surface area contributed by atoms with Gasteiger partial charge in [0.2, 0.25) is 10.0 Å². The third kappa shape index (κ3) is 4.05. The Labute approximate surface area is 134 Å². The normalized spacial score (nSPS) is 21.3. The molecule has 1 aliphatic heterocycles. The van der Waals surface area contributed by atoms with E-state index in [1.807, 2.05) is 0 Å². The molecule has 9 heteroatoms. The highest BCUT2D eigenvalue weighted by Gasteiger charge is 2.30. The maximum absolute atomic E-state index is 13.9. The largest absolute Gasteiger partial charge is 0.350 e. The Balaban J connectivity index is 1.72. The van der Waals surface area contributed by atoms with Gasteiger partial charge in [-0.2, -0.15) is 0 Å². The van der Waals surface area contributed by atoms with Crippen LogP contribution >= 0.6 is 0 Å². The second-order valence-electron chi connectivity index (χ2n) is 5.81. The van der Waals surface area contributed by atoms with E-state index in [9.17, 15) is 17.6 Å². The summed E-state index contributed by atoms with van der Waals surface area (Å²) in [5.41, 5.74) is 6.08. The van der Waals surface area contributed by atoms with Crippen molar-refractivity contribution in [3.05, 3.63) is 29.6 Å². The first-order chi connectivity index (χ1) is 11.0. The average molecular weight is 342 g/mol. The van der Waals surface area contributed by atoms with Crippen molar-refractivity contribution in [3.8, 4) is 0 Å². The molecule has 23 heavy (non-hydrogen) atoms. The van der Waals surface area contributed by atoms with Crippen LogP contribution in [0.4, 0.5) is 4.39 Å². The van der Waals surface area contributed by atoms with Crippen molar-refractivity contribution in [1.82, 2.24) is 20.9 Å². The van der Waals surface area contributed by atoms with Gasteiger partial charge in [-0.05, 0) is 37.5 Å². The van der Waals surface area contributed by atoms with E-state index < -0.39 is 26.6 Å². The number of hydrogen-bond acceptors (Lipinski definition) is 5. The van der Waals surface area contributed by atoms with Gasteiger partial charge in [0, 0.05) is 30.7 Å². The zero-order valence-corrected chi connectivity index (χ0v) is 13.2. The lowest BCUT2D eigenvalue weighted by atomic mass is 10.2. The molecule has 0 radical (unpaired) electrons. The van der Waals surface area contributed by atoms with Crippen LogP contribution in [-0.4, -0.2) is 39.5 Å². The number of amides is 1. The molecule has 1 amide bonds. The van der Waals surface area contributed by atoms with E-state index in [1.165, 1.54) is 6.07 Å². The summed E-state index contributed by atoms with van der Waals surface area (Å²) < 4.78 is 40.6. The minimum Gasteiger partial charge on any atom is -0.350 e. The second kappa shape index (κ2) is 6.52. The van der Waals surface area contributed by atoms with Crippen LogP contribution in [0.5, 0.6) is 0 Å². The summed E-state index contributed by atoms with van der Waals surface area (Å²) in [4.78, 5) is 11.6. The Morgan fingerprint density at radius 3 is 2.74 bits per heavy atom.